The summed E-state index contributed by atoms with van der Waals surface area (Å²) < 4.78 is 5.99. The highest BCUT2D eigenvalue weighted by molar-refractivity contribution is 8.26. The van der Waals surface area contributed by atoms with Crippen LogP contribution in [0.25, 0.3) is 17.4 Å². The average molecular weight is 524 g/mol. The summed E-state index contributed by atoms with van der Waals surface area (Å²) in [6, 6.07) is 13.7. The van der Waals surface area contributed by atoms with Crippen LogP contribution >= 0.6 is 58.8 Å². The van der Waals surface area contributed by atoms with E-state index < -0.39 is 11.8 Å². The second kappa shape index (κ2) is 9.29. The summed E-state index contributed by atoms with van der Waals surface area (Å²) in [6.45, 7) is 1.86. The molecule has 0 bridgehead atoms. The van der Waals surface area contributed by atoms with E-state index in [4.69, 9.17) is 51.4 Å². The first kappa shape index (κ1) is 22.9. The molecule has 1 aliphatic rings. The normalized spacial score (nSPS) is 15.0. The highest BCUT2D eigenvalue weighted by Gasteiger charge is 2.34. The van der Waals surface area contributed by atoms with E-state index in [0.29, 0.717) is 32.0 Å². The molecule has 1 aromatic heterocycles. The number of thiocarbonyl (C=S) groups is 1. The molecule has 1 saturated heterocycles. The van der Waals surface area contributed by atoms with Crippen molar-refractivity contribution in [2.24, 2.45) is 0 Å². The van der Waals surface area contributed by atoms with E-state index in [1.165, 1.54) is 0 Å². The number of furan rings is 1. The first-order chi connectivity index (χ1) is 15.2. The molecule has 1 fully saturated rings. The largest absolute Gasteiger partial charge is 0.457 e. The van der Waals surface area contributed by atoms with Crippen LogP contribution in [0.4, 0.5) is 0 Å². The van der Waals surface area contributed by atoms with Crippen molar-refractivity contribution in [3.8, 4) is 11.3 Å². The van der Waals surface area contributed by atoms with Crippen LogP contribution in [0.2, 0.25) is 15.1 Å². The van der Waals surface area contributed by atoms with Gasteiger partial charge in [-0.3, -0.25) is 15.0 Å². The first-order valence-electron chi connectivity index (χ1n) is 9.14. The fourth-order valence-corrected chi connectivity index (χ4v) is 4.80. The minimum absolute atomic E-state index is 0.183. The van der Waals surface area contributed by atoms with Gasteiger partial charge in [0, 0.05) is 11.6 Å². The molecule has 3 aromatic rings. The lowest BCUT2D eigenvalue weighted by Gasteiger charge is -2.16. The molecule has 10 heteroatoms. The predicted molar refractivity (Wildman–Crippen MR) is 133 cm³/mol. The highest BCUT2D eigenvalue weighted by atomic mass is 35.5. The number of aryl methyl sites for hydroxylation is 1. The van der Waals surface area contributed by atoms with Gasteiger partial charge in [0.05, 0.1) is 25.5 Å². The maximum atomic E-state index is 12.8. The minimum atomic E-state index is -0.538. The Bertz CT molecular complexity index is 1300. The van der Waals surface area contributed by atoms with Gasteiger partial charge in [0.15, 0.2) is 4.32 Å². The topological polar surface area (TPSA) is 62.6 Å². The fourth-order valence-electron chi connectivity index (χ4n) is 2.93. The van der Waals surface area contributed by atoms with Crippen molar-refractivity contribution in [2.75, 3.05) is 0 Å². The van der Waals surface area contributed by atoms with Crippen LogP contribution in [-0.4, -0.2) is 21.1 Å². The van der Waals surface area contributed by atoms with E-state index in [9.17, 15) is 9.59 Å². The molecule has 0 spiro atoms. The van der Waals surface area contributed by atoms with Gasteiger partial charge in [-0.15, -0.1) is 0 Å². The first-order valence-corrected chi connectivity index (χ1v) is 11.5. The molecule has 0 radical (unpaired) electrons. The van der Waals surface area contributed by atoms with Gasteiger partial charge in [-0.05, 0) is 61.1 Å². The van der Waals surface area contributed by atoms with Crippen LogP contribution in [0.15, 0.2) is 57.9 Å². The lowest BCUT2D eigenvalue weighted by molar-refractivity contribution is -0.123. The van der Waals surface area contributed by atoms with Crippen molar-refractivity contribution in [1.29, 1.82) is 0 Å². The number of carbonyl (C=O) groups excluding carboxylic acids is 2. The van der Waals surface area contributed by atoms with E-state index in [-0.39, 0.29) is 14.9 Å². The maximum absolute atomic E-state index is 12.8. The summed E-state index contributed by atoms with van der Waals surface area (Å²) >= 11 is 24.8. The molecule has 4 rings (SSSR count). The number of thioether (sulfide) groups is 1. The average Bonchev–Trinajstić information content (AvgIpc) is 3.30. The van der Waals surface area contributed by atoms with Gasteiger partial charge in [0.1, 0.15) is 11.5 Å². The number of hydrazine groups is 1. The molecule has 5 nitrogen and oxygen atoms in total. The molecule has 2 amide bonds. The maximum Gasteiger partial charge on any atom is 0.285 e. The van der Waals surface area contributed by atoms with Gasteiger partial charge in [-0.1, -0.05) is 58.7 Å². The summed E-state index contributed by atoms with van der Waals surface area (Å²) in [7, 11) is 0. The Kier molecular flexibility index (Phi) is 6.65. The van der Waals surface area contributed by atoms with Crippen molar-refractivity contribution in [3.63, 3.8) is 0 Å². The van der Waals surface area contributed by atoms with Gasteiger partial charge < -0.3 is 4.42 Å². The van der Waals surface area contributed by atoms with Crippen molar-refractivity contribution in [3.05, 3.63) is 85.4 Å². The monoisotopic (exact) mass is 522 g/mol. The Labute approximate surface area is 208 Å². The molecule has 1 aliphatic heterocycles. The van der Waals surface area contributed by atoms with E-state index in [1.807, 2.05) is 6.92 Å². The summed E-state index contributed by atoms with van der Waals surface area (Å²) in [5, 5.41) is 2.08. The van der Waals surface area contributed by atoms with Crippen molar-refractivity contribution >= 4 is 81.0 Å². The Morgan fingerprint density at radius 1 is 1.12 bits per heavy atom. The number of benzene rings is 2. The second-order valence-electron chi connectivity index (χ2n) is 6.74. The van der Waals surface area contributed by atoms with Crippen LogP contribution in [0, 0.1) is 6.92 Å². The SMILES string of the molecule is Cc1ccc(C(=O)NN2C(=O)/C(=C\c3ccc(-c4cccc(Cl)c4Cl)o3)SC2=S)c(Cl)c1. The highest BCUT2D eigenvalue weighted by Crippen LogP contribution is 2.36. The van der Waals surface area contributed by atoms with Crippen molar-refractivity contribution in [2.45, 2.75) is 6.92 Å². The Morgan fingerprint density at radius 3 is 2.66 bits per heavy atom. The predicted octanol–water partition coefficient (Wildman–Crippen LogP) is 6.76. The van der Waals surface area contributed by atoms with Gasteiger partial charge in [-0.2, -0.15) is 5.01 Å². The van der Waals surface area contributed by atoms with Crippen LogP contribution < -0.4 is 5.43 Å². The number of nitrogens with zero attached hydrogens (tertiary/aromatic N) is 1. The lowest BCUT2D eigenvalue weighted by Crippen LogP contribution is -2.44. The van der Waals surface area contributed by atoms with E-state index in [0.717, 1.165) is 22.3 Å². The molecule has 0 unspecified atom stereocenters. The zero-order valence-electron chi connectivity index (χ0n) is 16.3. The molecule has 32 heavy (non-hydrogen) atoms. The van der Waals surface area contributed by atoms with Crippen molar-refractivity contribution < 1.29 is 14.0 Å². The third-order valence-electron chi connectivity index (χ3n) is 4.49. The van der Waals surface area contributed by atoms with Gasteiger partial charge in [-0.25, -0.2) is 0 Å². The Hall–Kier alpha value is -2.29. The number of nitrogens with one attached hydrogen (secondary N) is 1. The number of amides is 2. The summed E-state index contributed by atoms with van der Waals surface area (Å²) in [6.07, 6.45) is 1.55. The molecular weight excluding hydrogens is 511 g/mol. The third-order valence-corrected chi connectivity index (χ3v) is 6.93. The van der Waals surface area contributed by atoms with E-state index >= 15 is 0 Å². The fraction of sp³-hybridized carbons (Fsp3) is 0.0455. The zero-order chi connectivity index (χ0) is 23.0. The summed E-state index contributed by atoms with van der Waals surface area (Å²) in [4.78, 5) is 25.7. The molecule has 1 N–H and O–H groups in total. The summed E-state index contributed by atoms with van der Waals surface area (Å²) in [5.74, 6) is -0.0928. The molecule has 0 atom stereocenters. The van der Waals surface area contributed by atoms with Gasteiger partial charge >= 0.3 is 0 Å². The zero-order valence-corrected chi connectivity index (χ0v) is 20.2. The van der Waals surface area contributed by atoms with Gasteiger partial charge in [0.2, 0.25) is 0 Å². The molecule has 0 saturated carbocycles. The standard InChI is InChI=1S/C22H13Cl3N2O3S2/c1-11-5-7-13(16(24)9-11)20(28)26-27-21(29)18(32-22(27)31)10-12-6-8-17(30-12)14-3-2-4-15(23)19(14)25/h2-10H,1H3,(H,26,28)/b18-10+. The number of hydrogen-bond acceptors (Lipinski definition) is 5. The van der Waals surface area contributed by atoms with E-state index in [2.05, 4.69) is 5.43 Å². The number of rotatable bonds is 4. The van der Waals surface area contributed by atoms with Crippen LogP contribution in [0.5, 0.6) is 0 Å². The Balaban J connectivity index is 1.53. The number of halogens is 3. The smallest absolute Gasteiger partial charge is 0.285 e. The number of carbonyl (C=O) groups is 2. The van der Waals surface area contributed by atoms with Crippen LogP contribution in [-0.2, 0) is 4.79 Å². The lowest BCUT2D eigenvalue weighted by atomic mass is 10.1. The molecule has 162 valence electrons. The summed E-state index contributed by atoms with van der Waals surface area (Å²) in [5.41, 5.74) is 4.30. The quantitative estimate of drug-likeness (QED) is 0.302. The van der Waals surface area contributed by atoms with Crippen LogP contribution in [0.3, 0.4) is 0 Å². The Morgan fingerprint density at radius 2 is 1.91 bits per heavy atom. The second-order valence-corrected chi connectivity index (χ2v) is 9.61. The van der Waals surface area contributed by atoms with Crippen molar-refractivity contribution in [1.82, 2.24) is 10.4 Å². The third kappa shape index (κ3) is 4.58. The molecule has 2 aromatic carbocycles. The molecular formula is C22H13Cl3N2O3S2. The molecule has 0 aliphatic carbocycles. The number of hydrogen-bond donors (Lipinski definition) is 1. The van der Waals surface area contributed by atoms with Gasteiger partial charge in [0.25, 0.3) is 11.8 Å². The van der Waals surface area contributed by atoms with Crippen LogP contribution in [0.1, 0.15) is 21.7 Å². The van der Waals surface area contributed by atoms with E-state index in [1.54, 1.807) is 54.6 Å². The molecule has 2 heterocycles. The minimum Gasteiger partial charge on any atom is -0.457 e.